The highest BCUT2D eigenvalue weighted by Crippen LogP contribution is 2.28. The number of nitrogens with zero attached hydrogens (tertiary/aromatic N) is 1. The summed E-state index contributed by atoms with van der Waals surface area (Å²) < 4.78 is 7.63. The first-order chi connectivity index (χ1) is 12.6. The molecule has 1 N–H and O–H groups in total. The molecule has 0 aliphatic heterocycles. The molecule has 128 valence electrons. The molecule has 0 bridgehead atoms. The number of halogens is 2. The van der Waals surface area contributed by atoms with E-state index in [9.17, 15) is 4.79 Å². The minimum atomic E-state index is -0.179. The number of carbonyl (C=O) groups excluding carboxylic acids is 1. The Balaban J connectivity index is 1.62. The minimum absolute atomic E-state index is 0.179. The molecular weight excluding hydrogens is 460 g/mol. The number of carbonyl (C=O) groups is 1. The van der Waals surface area contributed by atoms with Gasteiger partial charge in [0.15, 0.2) is 5.58 Å². The van der Waals surface area contributed by atoms with E-state index in [-0.39, 0.29) is 5.91 Å². The van der Waals surface area contributed by atoms with Crippen LogP contribution in [-0.2, 0) is 0 Å². The third kappa shape index (κ3) is 3.57. The largest absolute Gasteiger partial charge is 0.436 e. The van der Waals surface area contributed by atoms with Crippen molar-refractivity contribution < 1.29 is 9.21 Å². The molecule has 0 fully saturated rings. The summed E-state index contributed by atoms with van der Waals surface area (Å²) in [6.07, 6.45) is 0. The van der Waals surface area contributed by atoms with Gasteiger partial charge in [-0.25, -0.2) is 4.98 Å². The van der Waals surface area contributed by atoms with Gasteiger partial charge in [-0.05, 0) is 54.6 Å². The van der Waals surface area contributed by atoms with Crippen LogP contribution >= 0.6 is 31.9 Å². The quantitative estimate of drug-likeness (QED) is 0.383. The van der Waals surface area contributed by atoms with Crippen LogP contribution in [0.15, 0.2) is 80.1 Å². The summed E-state index contributed by atoms with van der Waals surface area (Å²) in [4.78, 5) is 16.9. The molecule has 1 amide bonds. The summed E-state index contributed by atoms with van der Waals surface area (Å²) in [5.41, 5.74) is 3.48. The standard InChI is InChI=1S/C20H12Br2N2O2/c21-14-5-1-3-12(9-14)19(25)23-16-7-8-18-17(11-16)24-20(26-18)13-4-2-6-15(22)10-13/h1-11H,(H,23,25). The molecule has 4 aromatic rings. The Bertz CT molecular complexity index is 1120. The lowest BCUT2D eigenvalue weighted by Gasteiger charge is -2.05. The zero-order valence-corrected chi connectivity index (χ0v) is 16.5. The van der Waals surface area contributed by atoms with E-state index >= 15 is 0 Å². The van der Waals surface area contributed by atoms with Crippen LogP contribution in [0.1, 0.15) is 10.4 Å². The SMILES string of the molecule is O=C(Nc1ccc2oc(-c3cccc(Br)c3)nc2c1)c1cccc(Br)c1. The third-order valence-corrected chi connectivity index (χ3v) is 4.79. The average Bonchev–Trinajstić information content (AvgIpc) is 3.05. The first-order valence-electron chi connectivity index (χ1n) is 7.82. The van der Waals surface area contributed by atoms with Gasteiger partial charge in [-0.15, -0.1) is 0 Å². The Morgan fingerprint density at radius 2 is 1.69 bits per heavy atom. The van der Waals surface area contributed by atoms with Gasteiger partial charge in [-0.2, -0.15) is 0 Å². The topological polar surface area (TPSA) is 55.1 Å². The molecule has 0 radical (unpaired) electrons. The van der Waals surface area contributed by atoms with Crippen LogP contribution in [0.4, 0.5) is 5.69 Å². The molecule has 3 aromatic carbocycles. The number of hydrogen-bond acceptors (Lipinski definition) is 3. The maximum absolute atomic E-state index is 12.4. The summed E-state index contributed by atoms with van der Waals surface area (Å²) in [6.45, 7) is 0. The van der Waals surface area contributed by atoms with Crippen LogP contribution in [0.3, 0.4) is 0 Å². The van der Waals surface area contributed by atoms with Gasteiger partial charge in [0.1, 0.15) is 5.52 Å². The third-order valence-electron chi connectivity index (χ3n) is 3.80. The molecule has 1 heterocycles. The molecule has 0 saturated heterocycles. The van der Waals surface area contributed by atoms with Crippen molar-refractivity contribution in [2.24, 2.45) is 0 Å². The molecule has 0 atom stereocenters. The fourth-order valence-corrected chi connectivity index (χ4v) is 3.38. The zero-order valence-electron chi connectivity index (χ0n) is 13.4. The van der Waals surface area contributed by atoms with E-state index < -0.39 is 0 Å². The van der Waals surface area contributed by atoms with Crippen molar-refractivity contribution in [3.05, 3.63) is 81.2 Å². The lowest BCUT2D eigenvalue weighted by molar-refractivity contribution is 0.102. The van der Waals surface area contributed by atoms with Gasteiger partial charge < -0.3 is 9.73 Å². The van der Waals surface area contributed by atoms with Crippen LogP contribution in [0, 0.1) is 0 Å². The van der Waals surface area contributed by atoms with Gasteiger partial charge in [-0.1, -0.05) is 44.0 Å². The van der Waals surface area contributed by atoms with E-state index in [1.165, 1.54) is 0 Å². The first kappa shape index (κ1) is 17.0. The molecule has 4 rings (SSSR count). The molecule has 4 nitrogen and oxygen atoms in total. The predicted octanol–water partition coefficient (Wildman–Crippen LogP) is 6.27. The van der Waals surface area contributed by atoms with Gasteiger partial charge in [-0.3, -0.25) is 4.79 Å². The normalized spacial score (nSPS) is 10.8. The van der Waals surface area contributed by atoms with Gasteiger partial charge in [0, 0.05) is 25.8 Å². The van der Waals surface area contributed by atoms with Crippen molar-refractivity contribution in [1.29, 1.82) is 0 Å². The van der Waals surface area contributed by atoms with Crippen molar-refractivity contribution in [1.82, 2.24) is 4.98 Å². The molecule has 0 spiro atoms. The lowest BCUT2D eigenvalue weighted by atomic mass is 10.2. The number of amides is 1. The second-order valence-electron chi connectivity index (χ2n) is 5.68. The maximum Gasteiger partial charge on any atom is 0.255 e. The molecule has 26 heavy (non-hydrogen) atoms. The number of hydrogen-bond donors (Lipinski definition) is 1. The Morgan fingerprint density at radius 3 is 2.46 bits per heavy atom. The molecule has 0 aliphatic carbocycles. The number of nitrogens with one attached hydrogen (secondary N) is 1. The van der Waals surface area contributed by atoms with Crippen molar-refractivity contribution in [3.8, 4) is 11.5 Å². The number of aromatic nitrogens is 1. The summed E-state index contributed by atoms with van der Waals surface area (Å²) in [6, 6.07) is 20.4. The highest BCUT2D eigenvalue weighted by Gasteiger charge is 2.11. The maximum atomic E-state index is 12.4. The van der Waals surface area contributed by atoms with Gasteiger partial charge in [0.25, 0.3) is 5.91 Å². The van der Waals surface area contributed by atoms with Crippen molar-refractivity contribution >= 4 is 54.6 Å². The van der Waals surface area contributed by atoms with Gasteiger partial charge in [0.2, 0.25) is 5.89 Å². The van der Waals surface area contributed by atoms with E-state index in [0.29, 0.717) is 28.2 Å². The molecule has 1 aromatic heterocycles. The van der Waals surface area contributed by atoms with Gasteiger partial charge in [0.05, 0.1) is 0 Å². The Morgan fingerprint density at radius 1 is 0.923 bits per heavy atom. The number of oxazole rings is 1. The summed E-state index contributed by atoms with van der Waals surface area (Å²) in [5.74, 6) is 0.359. The smallest absolute Gasteiger partial charge is 0.255 e. The highest BCUT2D eigenvalue weighted by molar-refractivity contribution is 9.10. The summed E-state index contributed by atoms with van der Waals surface area (Å²) in [7, 11) is 0. The Kier molecular flexibility index (Phi) is 4.61. The molecular formula is C20H12Br2N2O2. The second kappa shape index (κ2) is 7.05. The predicted molar refractivity (Wildman–Crippen MR) is 109 cm³/mol. The van der Waals surface area contributed by atoms with Crippen LogP contribution < -0.4 is 5.32 Å². The molecule has 0 aliphatic rings. The number of fused-ring (bicyclic) bond motifs is 1. The minimum Gasteiger partial charge on any atom is -0.436 e. The summed E-state index contributed by atoms with van der Waals surface area (Å²) in [5, 5.41) is 2.89. The fraction of sp³-hybridized carbons (Fsp3) is 0. The summed E-state index contributed by atoms with van der Waals surface area (Å²) >= 11 is 6.82. The number of benzene rings is 3. The van der Waals surface area contributed by atoms with Gasteiger partial charge >= 0.3 is 0 Å². The number of rotatable bonds is 3. The van der Waals surface area contributed by atoms with Crippen molar-refractivity contribution in [3.63, 3.8) is 0 Å². The Labute approximate surface area is 166 Å². The first-order valence-corrected chi connectivity index (χ1v) is 9.40. The van der Waals surface area contributed by atoms with Crippen LogP contribution in [0.2, 0.25) is 0 Å². The number of anilines is 1. The monoisotopic (exact) mass is 470 g/mol. The van der Waals surface area contributed by atoms with Crippen LogP contribution in [0.5, 0.6) is 0 Å². The molecule has 0 saturated carbocycles. The Hall–Kier alpha value is -2.44. The van der Waals surface area contributed by atoms with E-state index in [0.717, 1.165) is 14.5 Å². The van der Waals surface area contributed by atoms with E-state index in [4.69, 9.17) is 4.42 Å². The van der Waals surface area contributed by atoms with E-state index in [1.807, 2.05) is 36.4 Å². The average molecular weight is 472 g/mol. The lowest BCUT2D eigenvalue weighted by Crippen LogP contribution is -2.11. The zero-order chi connectivity index (χ0) is 18.1. The van der Waals surface area contributed by atoms with E-state index in [1.54, 1.807) is 30.3 Å². The van der Waals surface area contributed by atoms with Crippen molar-refractivity contribution in [2.45, 2.75) is 0 Å². The van der Waals surface area contributed by atoms with Crippen molar-refractivity contribution in [2.75, 3.05) is 5.32 Å². The van der Waals surface area contributed by atoms with E-state index in [2.05, 4.69) is 42.2 Å². The molecule has 6 heteroatoms. The second-order valence-corrected chi connectivity index (χ2v) is 7.51. The highest BCUT2D eigenvalue weighted by atomic mass is 79.9. The van der Waals surface area contributed by atoms with Crippen LogP contribution in [0.25, 0.3) is 22.6 Å². The molecule has 0 unspecified atom stereocenters. The fourth-order valence-electron chi connectivity index (χ4n) is 2.58. The van der Waals surface area contributed by atoms with Crippen LogP contribution in [-0.4, -0.2) is 10.9 Å².